The fourth-order valence-corrected chi connectivity index (χ4v) is 2.82. The van der Waals surface area contributed by atoms with Crippen molar-refractivity contribution in [2.45, 2.75) is 12.8 Å². The zero-order valence-electron chi connectivity index (χ0n) is 14.5. The predicted molar refractivity (Wildman–Crippen MR) is 96.0 cm³/mol. The third-order valence-electron chi connectivity index (χ3n) is 4.10. The minimum absolute atomic E-state index is 0.0963. The molecule has 0 spiro atoms. The van der Waals surface area contributed by atoms with E-state index in [2.05, 4.69) is 0 Å². The van der Waals surface area contributed by atoms with Crippen LogP contribution in [0.25, 0.3) is 11.0 Å². The van der Waals surface area contributed by atoms with Gasteiger partial charge in [0, 0.05) is 12.5 Å². The molecule has 0 saturated carbocycles. The molecule has 5 nitrogen and oxygen atoms in total. The lowest BCUT2D eigenvalue weighted by Gasteiger charge is -2.10. The van der Waals surface area contributed by atoms with Crippen LogP contribution in [-0.4, -0.2) is 21.3 Å². The number of benzene rings is 2. The topological polar surface area (TPSA) is 57.9 Å². The van der Waals surface area contributed by atoms with Crippen molar-refractivity contribution < 1.29 is 18.6 Å². The normalized spacial score (nSPS) is 10.7. The lowest BCUT2D eigenvalue weighted by Crippen LogP contribution is -2.05. The Morgan fingerprint density at radius 3 is 2.32 bits per heavy atom. The molecule has 0 atom stereocenters. The van der Waals surface area contributed by atoms with Gasteiger partial charge < -0.3 is 18.6 Å². The molecular formula is C20H20O5. The van der Waals surface area contributed by atoms with E-state index in [1.165, 1.54) is 6.07 Å². The van der Waals surface area contributed by atoms with Gasteiger partial charge in [-0.3, -0.25) is 4.79 Å². The molecule has 1 aromatic heterocycles. The smallest absolute Gasteiger partial charge is 0.196 e. The van der Waals surface area contributed by atoms with E-state index >= 15 is 0 Å². The van der Waals surface area contributed by atoms with Crippen molar-refractivity contribution in [3.05, 3.63) is 64.0 Å². The maximum atomic E-state index is 12.4. The Kier molecular flexibility index (Phi) is 4.93. The maximum absolute atomic E-state index is 12.4. The molecule has 0 bridgehead atoms. The van der Waals surface area contributed by atoms with E-state index in [1.807, 2.05) is 24.3 Å². The van der Waals surface area contributed by atoms with Crippen molar-refractivity contribution in [2.75, 3.05) is 21.3 Å². The highest BCUT2D eigenvalue weighted by atomic mass is 16.5. The molecule has 0 fully saturated rings. The summed E-state index contributed by atoms with van der Waals surface area (Å²) in [5.41, 5.74) is 1.52. The summed E-state index contributed by atoms with van der Waals surface area (Å²) in [6, 6.07) is 12.6. The molecule has 0 unspecified atom stereocenters. The van der Waals surface area contributed by atoms with Crippen molar-refractivity contribution in [2.24, 2.45) is 0 Å². The monoisotopic (exact) mass is 340 g/mol. The summed E-state index contributed by atoms with van der Waals surface area (Å²) in [7, 11) is 4.76. The van der Waals surface area contributed by atoms with Gasteiger partial charge in [-0.05, 0) is 36.2 Å². The number of methoxy groups -OCH3 is 3. The van der Waals surface area contributed by atoms with E-state index in [4.69, 9.17) is 18.6 Å². The van der Waals surface area contributed by atoms with Crippen LogP contribution in [0.2, 0.25) is 0 Å². The number of rotatable bonds is 6. The largest absolute Gasteiger partial charge is 0.496 e. The average Bonchev–Trinajstić information content (AvgIpc) is 2.65. The van der Waals surface area contributed by atoms with Crippen LogP contribution in [0, 0.1) is 0 Å². The van der Waals surface area contributed by atoms with Gasteiger partial charge in [0.05, 0.1) is 21.3 Å². The summed E-state index contributed by atoms with van der Waals surface area (Å²) >= 11 is 0. The molecule has 0 amide bonds. The van der Waals surface area contributed by atoms with Crippen molar-refractivity contribution in [3.8, 4) is 17.2 Å². The van der Waals surface area contributed by atoms with Gasteiger partial charge >= 0.3 is 0 Å². The Morgan fingerprint density at radius 2 is 1.60 bits per heavy atom. The lowest BCUT2D eigenvalue weighted by atomic mass is 10.1. The number of hydrogen-bond acceptors (Lipinski definition) is 5. The lowest BCUT2D eigenvalue weighted by molar-refractivity contribution is 0.354. The first-order chi connectivity index (χ1) is 12.2. The molecule has 0 aliphatic rings. The predicted octanol–water partition coefficient (Wildman–Crippen LogP) is 3.60. The van der Waals surface area contributed by atoms with Crippen LogP contribution in [0.15, 0.2) is 51.7 Å². The first-order valence-corrected chi connectivity index (χ1v) is 7.97. The highest BCUT2D eigenvalue weighted by Crippen LogP contribution is 2.28. The molecule has 0 aliphatic heterocycles. The number of ether oxygens (including phenoxy) is 3. The van der Waals surface area contributed by atoms with Gasteiger partial charge in [0.1, 0.15) is 22.5 Å². The first-order valence-electron chi connectivity index (χ1n) is 7.97. The van der Waals surface area contributed by atoms with Gasteiger partial charge in [0.2, 0.25) is 0 Å². The van der Waals surface area contributed by atoms with Crippen LogP contribution in [0.5, 0.6) is 17.2 Å². The van der Waals surface area contributed by atoms with Crippen molar-refractivity contribution in [1.29, 1.82) is 0 Å². The minimum atomic E-state index is -0.0963. The SMILES string of the molecule is COc1ccc(CCc2cc(=O)c3c(OC)cccc3o2)cc1OC. The molecule has 3 rings (SSSR count). The maximum Gasteiger partial charge on any atom is 0.196 e. The molecule has 130 valence electrons. The van der Waals surface area contributed by atoms with Gasteiger partial charge in [-0.15, -0.1) is 0 Å². The minimum Gasteiger partial charge on any atom is -0.496 e. The number of fused-ring (bicyclic) bond motifs is 1. The molecule has 1 heterocycles. The Labute approximate surface area is 145 Å². The summed E-state index contributed by atoms with van der Waals surface area (Å²) in [6.45, 7) is 0. The van der Waals surface area contributed by atoms with Crippen LogP contribution in [0.3, 0.4) is 0 Å². The molecule has 3 aromatic rings. The highest BCUT2D eigenvalue weighted by molar-refractivity contribution is 5.83. The Hall–Kier alpha value is -2.95. The van der Waals surface area contributed by atoms with Gasteiger partial charge in [0.15, 0.2) is 16.9 Å². The van der Waals surface area contributed by atoms with Crippen LogP contribution in [-0.2, 0) is 12.8 Å². The molecule has 0 N–H and O–H groups in total. The molecular weight excluding hydrogens is 320 g/mol. The summed E-state index contributed by atoms with van der Waals surface area (Å²) in [5.74, 6) is 2.54. The van der Waals surface area contributed by atoms with E-state index in [-0.39, 0.29) is 5.43 Å². The van der Waals surface area contributed by atoms with Crippen LogP contribution < -0.4 is 19.6 Å². The summed E-state index contributed by atoms with van der Waals surface area (Å²) in [5, 5.41) is 0.472. The van der Waals surface area contributed by atoms with Crippen molar-refractivity contribution in [3.63, 3.8) is 0 Å². The summed E-state index contributed by atoms with van der Waals surface area (Å²) < 4.78 is 21.7. The molecule has 2 aromatic carbocycles. The third-order valence-corrected chi connectivity index (χ3v) is 4.10. The van der Waals surface area contributed by atoms with Crippen LogP contribution in [0.1, 0.15) is 11.3 Å². The van der Waals surface area contributed by atoms with E-state index in [0.717, 1.165) is 12.0 Å². The first kappa shape index (κ1) is 16.9. The van der Waals surface area contributed by atoms with E-state index in [0.29, 0.717) is 40.4 Å². The summed E-state index contributed by atoms with van der Waals surface area (Å²) in [6.07, 6.45) is 1.33. The zero-order valence-corrected chi connectivity index (χ0v) is 14.5. The standard InChI is InChI=1S/C20H20O5/c1-22-16-10-8-13(11-19(16)24-3)7-9-14-12-15(21)20-17(23-2)5-4-6-18(20)25-14/h4-6,8,10-12H,7,9H2,1-3H3. The highest BCUT2D eigenvalue weighted by Gasteiger charge is 2.10. The fraction of sp³-hybridized carbons (Fsp3) is 0.250. The van der Waals surface area contributed by atoms with Crippen molar-refractivity contribution >= 4 is 11.0 Å². The fourth-order valence-electron chi connectivity index (χ4n) is 2.82. The Morgan fingerprint density at radius 1 is 0.840 bits per heavy atom. The average molecular weight is 340 g/mol. The van der Waals surface area contributed by atoms with E-state index in [1.54, 1.807) is 33.5 Å². The van der Waals surface area contributed by atoms with Gasteiger partial charge in [-0.25, -0.2) is 0 Å². The summed E-state index contributed by atoms with van der Waals surface area (Å²) in [4.78, 5) is 12.4. The number of hydrogen-bond donors (Lipinski definition) is 0. The molecule has 0 radical (unpaired) electrons. The molecule has 0 saturated heterocycles. The van der Waals surface area contributed by atoms with E-state index in [9.17, 15) is 4.79 Å². The van der Waals surface area contributed by atoms with Crippen molar-refractivity contribution in [1.82, 2.24) is 0 Å². The van der Waals surface area contributed by atoms with Gasteiger partial charge in [-0.2, -0.15) is 0 Å². The van der Waals surface area contributed by atoms with Gasteiger partial charge in [-0.1, -0.05) is 12.1 Å². The Bertz CT molecular complexity index is 942. The quantitative estimate of drug-likeness (QED) is 0.686. The molecule has 0 aliphatic carbocycles. The number of aryl methyl sites for hydroxylation is 2. The second-order valence-corrected chi connectivity index (χ2v) is 5.60. The second kappa shape index (κ2) is 7.30. The van der Waals surface area contributed by atoms with Gasteiger partial charge in [0.25, 0.3) is 0 Å². The van der Waals surface area contributed by atoms with E-state index < -0.39 is 0 Å². The molecule has 25 heavy (non-hydrogen) atoms. The van der Waals surface area contributed by atoms with Crippen LogP contribution >= 0.6 is 0 Å². The van der Waals surface area contributed by atoms with Crippen LogP contribution in [0.4, 0.5) is 0 Å². The zero-order chi connectivity index (χ0) is 17.8. The molecule has 5 heteroatoms. The third kappa shape index (κ3) is 3.45. The second-order valence-electron chi connectivity index (χ2n) is 5.60. The Balaban J connectivity index is 1.86.